The average Bonchev–Trinajstić information content (AvgIpc) is 2.36. The molecule has 1 aromatic rings. The van der Waals surface area contributed by atoms with Gasteiger partial charge in [-0.05, 0) is 43.5 Å². The van der Waals surface area contributed by atoms with Crippen LogP contribution in [0.5, 0.6) is 11.5 Å². The van der Waals surface area contributed by atoms with E-state index in [-0.39, 0.29) is 18.1 Å². The molecule has 0 atom stereocenters. The second kappa shape index (κ2) is 5.34. The number of hydrogen-bond donors (Lipinski definition) is 1. The predicted molar refractivity (Wildman–Crippen MR) is 72.2 cm³/mol. The van der Waals surface area contributed by atoms with Crippen LogP contribution < -0.4 is 4.74 Å². The Kier molecular flexibility index (Phi) is 3.79. The normalized spacial score (nSPS) is 13.8. The fourth-order valence-electron chi connectivity index (χ4n) is 2.12. The van der Waals surface area contributed by atoms with Crippen molar-refractivity contribution in [1.29, 1.82) is 0 Å². The molecule has 1 aromatic carbocycles. The first-order valence-corrected chi connectivity index (χ1v) is 6.34. The van der Waals surface area contributed by atoms with Crippen LogP contribution in [-0.4, -0.2) is 24.3 Å². The highest BCUT2D eigenvalue weighted by atomic mass is 16.5. The van der Waals surface area contributed by atoms with Gasteiger partial charge in [0, 0.05) is 11.6 Å². The van der Waals surface area contributed by atoms with Gasteiger partial charge in [0.15, 0.2) is 0 Å². The smallest absolute Gasteiger partial charge is 0.310 e. The summed E-state index contributed by atoms with van der Waals surface area (Å²) in [6, 6.07) is 3.50. The van der Waals surface area contributed by atoms with Gasteiger partial charge < -0.3 is 14.6 Å². The molecular weight excluding hydrogens is 244 g/mol. The lowest BCUT2D eigenvalue weighted by Gasteiger charge is -2.22. The second-order valence-corrected chi connectivity index (χ2v) is 4.63. The van der Waals surface area contributed by atoms with Gasteiger partial charge in [0.05, 0.1) is 13.0 Å². The summed E-state index contributed by atoms with van der Waals surface area (Å²) in [5, 5.41) is 9.67. The fourth-order valence-corrected chi connectivity index (χ4v) is 2.12. The molecule has 4 heteroatoms. The standard InChI is InChI=1S/C15H18O4/c1-4-18-15(17)6-11-8-19-14-7-13(16)9(2)5-12(14)10(11)3/h5,7,16H,4,6,8H2,1-3H3. The van der Waals surface area contributed by atoms with E-state index >= 15 is 0 Å². The highest BCUT2D eigenvalue weighted by Gasteiger charge is 2.20. The average molecular weight is 262 g/mol. The first kappa shape index (κ1) is 13.5. The molecule has 0 aliphatic carbocycles. The van der Waals surface area contributed by atoms with Crippen molar-refractivity contribution in [2.75, 3.05) is 13.2 Å². The highest BCUT2D eigenvalue weighted by molar-refractivity contribution is 5.81. The molecule has 19 heavy (non-hydrogen) atoms. The zero-order chi connectivity index (χ0) is 14.0. The predicted octanol–water partition coefficient (Wildman–Crippen LogP) is 2.82. The van der Waals surface area contributed by atoms with Gasteiger partial charge in [0.25, 0.3) is 0 Å². The van der Waals surface area contributed by atoms with E-state index in [9.17, 15) is 9.90 Å². The maximum atomic E-state index is 11.5. The number of rotatable bonds is 3. The summed E-state index contributed by atoms with van der Waals surface area (Å²) in [6.45, 7) is 6.34. The maximum absolute atomic E-state index is 11.5. The van der Waals surface area contributed by atoms with E-state index in [2.05, 4.69) is 0 Å². The molecule has 0 unspecified atom stereocenters. The van der Waals surface area contributed by atoms with Crippen LogP contribution in [-0.2, 0) is 9.53 Å². The van der Waals surface area contributed by atoms with E-state index < -0.39 is 0 Å². The SMILES string of the molecule is CCOC(=O)CC1=C(C)c2cc(C)c(O)cc2OC1. The Morgan fingerprint density at radius 2 is 2.16 bits per heavy atom. The summed E-state index contributed by atoms with van der Waals surface area (Å²) in [5.74, 6) is 0.646. The van der Waals surface area contributed by atoms with Crippen LogP contribution >= 0.6 is 0 Å². The minimum atomic E-state index is -0.237. The monoisotopic (exact) mass is 262 g/mol. The minimum Gasteiger partial charge on any atom is -0.508 e. The van der Waals surface area contributed by atoms with Crippen LogP contribution in [0.2, 0.25) is 0 Å². The number of phenolic OH excluding ortho intramolecular Hbond substituents is 1. The molecule has 0 radical (unpaired) electrons. The highest BCUT2D eigenvalue weighted by Crippen LogP contribution is 2.37. The summed E-state index contributed by atoms with van der Waals surface area (Å²) in [6.07, 6.45) is 0.249. The lowest BCUT2D eigenvalue weighted by molar-refractivity contribution is -0.142. The molecule has 102 valence electrons. The van der Waals surface area contributed by atoms with Gasteiger partial charge in [-0.3, -0.25) is 4.79 Å². The minimum absolute atomic E-state index is 0.223. The van der Waals surface area contributed by atoms with Gasteiger partial charge in [-0.2, -0.15) is 0 Å². The number of esters is 1. The lowest BCUT2D eigenvalue weighted by atomic mass is 9.95. The molecule has 0 spiro atoms. The van der Waals surface area contributed by atoms with Crippen molar-refractivity contribution in [3.8, 4) is 11.5 Å². The third kappa shape index (κ3) is 2.72. The molecule has 1 heterocycles. The molecule has 0 aromatic heterocycles. The maximum Gasteiger partial charge on any atom is 0.310 e. The van der Waals surface area contributed by atoms with Crippen molar-refractivity contribution in [3.63, 3.8) is 0 Å². The van der Waals surface area contributed by atoms with E-state index in [0.29, 0.717) is 19.0 Å². The topological polar surface area (TPSA) is 55.8 Å². The molecule has 2 rings (SSSR count). The van der Waals surface area contributed by atoms with Crippen molar-refractivity contribution in [3.05, 3.63) is 28.8 Å². The van der Waals surface area contributed by atoms with E-state index in [1.54, 1.807) is 13.0 Å². The number of aromatic hydroxyl groups is 1. The molecular formula is C15H18O4. The Morgan fingerprint density at radius 3 is 2.84 bits per heavy atom. The van der Waals surface area contributed by atoms with E-state index in [0.717, 1.165) is 22.3 Å². The fraction of sp³-hybridized carbons (Fsp3) is 0.400. The van der Waals surface area contributed by atoms with Gasteiger partial charge in [-0.25, -0.2) is 0 Å². The zero-order valence-corrected chi connectivity index (χ0v) is 11.4. The second-order valence-electron chi connectivity index (χ2n) is 4.63. The molecule has 0 fully saturated rings. The van der Waals surface area contributed by atoms with E-state index in [1.165, 1.54) is 0 Å². The van der Waals surface area contributed by atoms with Crippen molar-refractivity contribution in [2.24, 2.45) is 0 Å². The van der Waals surface area contributed by atoms with E-state index in [1.807, 2.05) is 19.9 Å². The Hall–Kier alpha value is -1.97. The number of ether oxygens (including phenoxy) is 2. The molecule has 0 amide bonds. The summed E-state index contributed by atoms with van der Waals surface area (Å²) >= 11 is 0. The van der Waals surface area contributed by atoms with Crippen LogP contribution in [0.1, 0.15) is 31.4 Å². The number of hydrogen-bond acceptors (Lipinski definition) is 4. The lowest BCUT2D eigenvalue weighted by Crippen LogP contribution is -2.15. The number of benzene rings is 1. The Bertz CT molecular complexity index is 543. The van der Waals surface area contributed by atoms with Crippen molar-refractivity contribution < 1.29 is 19.4 Å². The molecule has 1 aliphatic heterocycles. The Balaban J connectivity index is 2.32. The first-order chi connectivity index (χ1) is 9.02. The summed E-state index contributed by atoms with van der Waals surface area (Å²) in [5.41, 5.74) is 3.67. The Morgan fingerprint density at radius 1 is 1.42 bits per heavy atom. The first-order valence-electron chi connectivity index (χ1n) is 6.34. The molecule has 0 bridgehead atoms. The van der Waals surface area contributed by atoms with Gasteiger partial charge in [0.2, 0.25) is 0 Å². The molecule has 1 N–H and O–H groups in total. The van der Waals surface area contributed by atoms with Crippen LogP contribution in [0.15, 0.2) is 17.7 Å². The van der Waals surface area contributed by atoms with Gasteiger partial charge in [0.1, 0.15) is 18.1 Å². The number of phenols is 1. The van der Waals surface area contributed by atoms with Gasteiger partial charge in [-0.15, -0.1) is 0 Å². The summed E-state index contributed by atoms with van der Waals surface area (Å²) < 4.78 is 10.6. The molecule has 0 saturated heterocycles. The summed E-state index contributed by atoms with van der Waals surface area (Å²) in [7, 11) is 0. The number of fused-ring (bicyclic) bond motifs is 1. The third-order valence-corrected chi connectivity index (χ3v) is 3.30. The van der Waals surface area contributed by atoms with Gasteiger partial charge in [-0.1, -0.05) is 0 Å². The Labute approximate surface area is 112 Å². The van der Waals surface area contributed by atoms with Crippen LogP contribution in [0.4, 0.5) is 0 Å². The number of aryl methyl sites for hydroxylation is 1. The third-order valence-electron chi connectivity index (χ3n) is 3.30. The number of carbonyl (C=O) groups is 1. The number of carbonyl (C=O) groups excluding carboxylic acids is 1. The van der Waals surface area contributed by atoms with Crippen molar-refractivity contribution >= 4 is 11.5 Å². The van der Waals surface area contributed by atoms with Crippen LogP contribution in [0, 0.1) is 6.92 Å². The zero-order valence-electron chi connectivity index (χ0n) is 11.4. The molecule has 4 nitrogen and oxygen atoms in total. The van der Waals surface area contributed by atoms with Gasteiger partial charge >= 0.3 is 5.97 Å². The van der Waals surface area contributed by atoms with Crippen LogP contribution in [0.3, 0.4) is 0 Å². The summed E-state index contributed by atoms with van der Waals surface area (Å²) in [4.78, 5) is 11.5. The van der Waals surface area contributed by atoms with Crippen molar-refractivity contribution in [1.82, 2.24) is 0 Å². The molecule has 1 aliphatic rings. The van der Waals surface area contributed by atoms with E-state index in [4.69, 9.17) is 9.47 Å². The quantitative estimate of drug-likeness (QED) is 0.851. The molecule has 0 saturated carbocycles. The number of allylic oxidation sites excluding steroid dienone is 1. The largest absolute Gasteiger partial charge is 0.508 e. The van der Waals surface area contributed by atoms with Crippen molar-refractivity contribution in [2.45, 2.75) is 27.2 Å². The van der Waals surface area contributed by atoms with Crippen LogP contribution in [0.25, 0.3) is 5.57 Å².